The molecule has 3 fully saturated rings. The zero-order valence-electron chi connectivity index (χ0n) is 22.5. The Bertz CT molecular complexity index is 923. The second kappa shape index (κ2) is 8.57. The third-order valence-electron chi connectivity index (χ3n) is 11.2. The van der Waals surface area contributed by atoms with Crippen LogP contribution in [0.2, 0.25) is 0 Å². The molecule has 0 bridgehead atoms. The molecule has 4 rings (SSSR count). The fourth-order valence-electron chi connectivity index (χ4n) is 8.52. The van der Waals surface area contributed by atoms with Crippen LogP contribution in [0.5, 0.6) is 0 Å². The van der Waals surface area contributed by atoms with Crippen molar-refractivity contribution in [1.29, 1.82) is 0 Å². The fourth-order valence-corrected chi connectivity index (χ4v) is 8.52. The van der Waals surface area contributed by atoms with Crippen molar-refractivity contribution in [3.8, 4) is 0 Å². The normalized spacial score (nSPS) is 48.2. The van der Waals surface area contributed by atoms with Crippen LogP contribution >= 0.6 is 0 Å². The molecule has 0 radical (unpaired) electrons. The minimum absolute atomic E-state index is 0.113. The summed E-state index contributed by atoms with van der Waals surface area (Å²) in [6.45, 7) is 10.4. The summed E-state index contributed by atoms with van der Waals surface area (Å²) >= 11 is 0. The average Bonchev–Trinajstić information content (AvgIpc) is 3.01. The van der Waals surface area contributed by atoms with Crippen molar-refractivity contribution in [2.24, 2.45) is 34.5 Å². The summed E-state index contributed by atoms with van der Waals surface area (Å²) < 4.78 is 0. The van der Waals surface area contributed by atoms with Gasteiger partial charge in [0.15, 0.2) is 5.78 Å². The summed E-state index contributed by atoms with van der Waals surface area (Å²) in [5.41, 5.74) is -5.51. The van der Waals surface area contributed by atoms with E-state index in [4.69, 9.17) is 0 Å². The quantitative estimate of drug-likeness (QED) is 0.289. The number of allylic oxidation sites excluding steroid dienone is 1. The molecular weight excluding hydrogens is 464 g/mol. The van der Waals surface area contributed by atoms with Crippen LogP contribution in [-0.2, 0) is 4.79 Å². The summed E-state index contributed by atoms with van der Waals surface area (Å²) in [7, 11) is 0. The zero-order chi connectivity index (χ0) is 27.2. The lowest BCUT2D eigenvalue weighted by atomic mass is 9.44. The predicted octanol–water partition coefficient (Wildman–Crippen LogP) is 1.07. The zero-order valence-corrected chi connectivity index (χ0v) is 22.5. The van der Waals surface area contributed by atoms with Gasteiger partial charge in [0.1, 0.15) is 0 Å². The standard InChI is InChI=1S/C28H46O8/c1-14(24(2,3)34)9-22(33)27(6,35)21-7-8-28(36)16-11-17(29)15-10-18(30)19(31)12-25(15,4)23(16)20(32)13-26(21,28)5/h11,14-15,18-23,30-36H,7-10,12-13H2,1-6H3/t14-,15+,18-,19+,20-,21+,22-,23-,25+,26-,27-,28-/m1/s1. The second-order valence-corrected chi connectivity index (χ2v) is 13.8. The first-order valence-electron chi connectivity index (χ1n) is 13.5. The van der Waals surface area contributed by atoms with E-state index in [0.29, 0.717) is 12.0 Å². The monoisotopic (exact) mass is 510 g/mol. The summed E-state index contributed by atoms with van der Waals surface area (Å²) in [5.74, 6) is -2.21. The summed E-state index contributed by atoms with van der Waals surface area (Å²) in [6, 6.07) is 0. The molecule has 4 aliphatic carbocycles. The Balaban J connectivity index is 1.71. The molecule has 0 unspecified atom stereocenters. The van der Waals surface area contributed by atoms with Crippen LogP contribution < -0.4 is 0 Å². The molecule has 7 N–H and O–H groups in total. The van der Waals surface area contributed by atoms with E-state index >= 15 is 0 Å². The fraction of sp³-hybridized carbons (Fsp3) is 0.893. The van der Waals surface area contributed by atoms with E-state index in [0.717, 1.165) is 0 Å². The second-order valence-electron chi connectivity index (χ2n) is 13.8. The third-order valence-corrected chi connectivity index (χ3v) is 11.2. The van der Waals surface area contributed by atoms with Gasteiger partial charge in [-0.3, -0.25) is 4.79 Å². The summed E-state index contributed by atoms with van der Waals surface area (Å²) in [4.78, 5) is 13.3. The van der Waals surface area contributed by atoms with Gasteiger partial charge in [0.2, 0.25) is 0 Å². The Morgan fingerprint density at radius 2 is 1.67 bits per heavy atom. The van der Waals surface area contributed by atoms with Crippen LogP contribution in [0.25, 0.3) is 0 Å². The number of rotatable bonds is 5. The van der Waals surface area contributed by atoms with Crippen molar-refractivity contribution >= 4 is 5.78 Å². The Morgan fingerprint density at radius 3 is 2.25 bits per heavy atom. The molecule has 0 aliphatic heterocycles. The summed E-state index contributed by atoms with van der Waals surface area (Å²) in [6.07, 6.45) is -1.44. The molecule has 36 heavy (non-hydrogen) atoms. The Labute approximate surface area is 214 Å². The van der Waals surface area contributed by atoms with Crippen LogP contribution in [-0.4, -0.2) is 82.7 Å². The predicted molar refractivity (Wildman–Crippen MR) is 133 cm³/mol. The highest BCUT2D eigenvalue weighted by Crippen LogP contribution is 2.68. The molecular formula is C28H46O8. The van der Waals surface area contributed by atoms with Crippen molar-refractivity contribution in [2.45, 2.75) is 121 Å². The first kappa shape index (κ1) is 28.1. The number of hydrogen-bond acceptors (Lipinski definition) is 8. The molecule has 3 saturated carbocycles. The van der Waals surface area contributed by atoms with Gasteiger partial charge in [-0.15, -0.1) is 0 Å². The highest BCUT2D eigenvalue weighted by atomic mass is 16.3. The first-order valence-corrected chi connectivity index (χ1v) is 13.5. The third kappa shape index (κ3) is 3.86. The van der Waals surface area contributed by atoms with Crippen LogP contribution in [0.1, 0.15) is 80.1 Å². The van der Waals surface area contributed by atoms with Gasteiger partial charge in [-0.05, 0) is 88.2 Å². The van der Waals surface area contributed by atoms with E-state index < -0.39 is 69.8 Å². The van der Waals surface area contributed by atoms with Gasteiger partial charge in [0, 0.05) is 17.3 Å². The lowest BCUT2D eigenvalue weighted by Gasteiger charge is -2.62. The molecule has 8 heteroatoms. The number of aliphatic hydroxyl groups excluding tert-OH is 4. The number of hydrogen-bond donors (Lipinski definition) is 7. The van der Waals surface area contributed by atoms with Gasteiger partial charge >= 0.3 is 0 Å². The van der Waals surface area contributed by atoms with Crippen molar-refractivity contribution in [3.63, 3.8) is 0 Å². The van der Waals surface area contributed by atoms with E-state index in [9.17, 15) is 40.5 Å². The smallest absolute Gasteiger partial charge is 0.159 e. The van der Waals surface area contributed by atoms with Gasteiger partial charge < -0.3 is 35.7 Å². The maximum Gasteiger partial charge on any atom is 0.159 e. The largest absolute Gasteiger partial charge is 0.392 e. The molecule has 12 atom stereocenters. The van der Waals surface area contributed by atoms with E-state index in [1.807, 2.05) is 20.8 Å². The molecule has 0 saturated heterocycles. The minimum atomic E-state index is -1.61. The van der Waals surface area contributed by atoms with Gasteiger partial charge in [0.25, 0.3) is 0 Å². The molecule has 0 amide bonds. The molecule has 206 valence electrons. The molecule has 4 aliphatic rings. The molecule has 0 aromatic carbocycles. The highest BCUT2D eigenvalue weighted by Gasteiger charge is 2.71. The van der Waals surface area contributed by atoms with Gasteiger partial charge in [-0.1, -0.05) is 20.8 Å². The number of ketones is 1. The van der Waals surface area contributed by atoms with Crippen molar-refractivity contribution in [2.75, 3.05) is 0 Å². The van der Waals surface area contributed by atoms with E-state index in [1.165, 1.54) is 6.08 Å². The molecule has 0 aromatic rings. The summed E-state index contributed by atoms with van der Waals surface area (Å²) in [5, 5.41) is 77.7. The lowest BCUT2D eigenvalue weighted by Crippen LogP contribution is -2.66. The highest BCUT2D eigenvalue weighted by molar-refractivity contribution is 5.95. The Kier molecular flexibility index (Phi) is 6.70. The van der Waals surface area contributed by atoms with Crippen molar-refractivity contribution < 1.29 is 40.5 Å². The Hall–Kier alpha value is -0.870. The number of fused-ring (bicyclic) bond motifs is 5. The van der Waals surface area contributed by atoms with E-state index in [-0.39, 0.29) is 43.8 Å². The van der Waals surface area contributed by atoms with Crippen molar-refractivity contribution in [1.82, 2.24) is 0 Å². The lowest BCUT2D eigenvalue weighted by molar-refractivity contribution is -0.198. The number of carbonyl (C=O) groups excluding carboxylic acids is 1. The molecule has 0 aromatic heterocycles. The topological polar surface area (TPSA) is 159 Å². The molecule has 8 nitrogen and oxygen atoms in total. The SMILES string of the molecule is C[C@H](C[C@@H](O)[C@](C)(O)[C@H]1CC[C@@]2(O)C3=CC(=O)[C@@H]4C[C@@H](O)[C@@H](O)C[C@]4(C)[C@H]3[C@H](O)C[C@]12C)C(C)(C)O. The minimum Gasteiger partial charge on any atom is -0.392 e. The van der Waals surface area contributed by atoms with Crippen LogP contribution in [0, 0.1) is 34.5 Å². The van der Waals surface area contributed by atoms with Gasteiger partial charge in [-0.25, -0.2) is 0 Å². The maximum absolute atomic E-state index is 13.3. The van der Waals surface area contributed by atoms with Crippen LogP contribution in [0.4, 0.5) is 0 Å². The first-order chi connectivity index (χ1) is 16.3. The van der Waals surface area contributed by atoms with E-state index in [1.54, 1.807) is 20.8 Å². The number of aliphatic hydroxyl groups is 7. The molecule has 0 heterocycles. The van der Waals surface area contributed by atoms with Gasteiger partial charge in [0.05, 0.1) is 41.2 Å². The molecule has 0 spiro atoms. The van der Waals surface area contributed by atoms with E-state index in [2.05, 4.69) is 0 Å². The number of carbonyl (C=O) groups is 1. The Morgan fingerprint density at radius 1 is 1.06 bits per heavy atom. The van der Waals surface area contributed by atoms with Crippen molar-refractivity contribution in [3.05, 3.63) is 11.6 Å². The van der Waals surface area contributed by atoms with Gasteiger partial charge in [-0.2, -0.15) is 0 Å². The van der Waals surface area contributed by atoms with Crippen LogP contribution in [0.15, 0.2) is 11.6 Å². The average molecular weight is 511 g/mol. The maximum atomic E-state index is 13.3. The van der Waals surface area contributed by atoms with Crippen LogP contribution in [0.3, 0.4) is 0 Å².